The lowest BCUT2D eigenvalue weighted by Crippen LogP contribution is -2.17. The first-order valence-corrected chi connectivity index (χ1v) is 5.75. The van der Waals surface area contributed by atoms with Crippen LogP contribution >= 0.6 is 15.9 Å². The number of rotatable bonds is 2. The maximum absolute atomic E-state index is 6.21. The molecule has 2 aromatic rings. The summed E-state index contributed by atoms with van der Waals surface area (Å²) >= 11 is 3.45. The van der Waals surface area contributed by atoms with Crippen molar-refractivity contribution in [1.82, 2.24) is 15.0 Å². The molecule has 0 spiro atoms. The Labute approximate surface area is 103 Å². The van der Waals surface area contributed by atoms with E-state index in [-0.39, 0.29) is 6.04 Å². The lowest BCUT2D eigenvalue weighted by molar-refractivity contribution is 0.649. The number of aromatic nitrogens is 3. The zero-order chi connectivity index (χ0) is 11.7. The third kappa shape index (κ3) is 2.01. The van der Waals surface area contributed by atoms with Crippen molar-refractivity contribution in [3.8, 4) is 0 Å². The quantitative estimate of drug-likeness (QED) is 0.915. The molecule has 1 heterocycles. The zero-order valence-electron chi connectivity index (χ0n) is 9.18. The van der Waals surface area contributed by atoms with Crippen molar-refractivity contribution in [2.24, 2.45) is 12.8 Å². The molecule has 16 heavy (non-hydrogen) atoms. The largest absolute Gasteiger partial charge is 0.319 e. The van der Waals surface area contributed by atoms with Crippen molar-refractivity contribution in [2.45, 2.75) is 13.0 Å². The van der Waals surface area contributed by atoms with Gasteiger partial charge < -0.3 is 5.73 Å². The van der Waals surface area contributed by atoms with Crippen LogP contribution in [-0.4, -0.2) is 15.0 Å². The monoisotopic (exact) mass is 280 g/mol. The Balaban J connectivity index is 2.45. The summed E-state index contributed by atoms with van der Waals surface area (Å²) in [6.45, 7) is 2.05. The van der Waals surface area contributed by atoms with Crippen LogP contribution < -0.4 is 5.73 Å². The van der Waals surface area contributed by atoms with Crippen LogP contribution in [0.1, 0.15) is 22.9 Å². The van der Waals surface area contributed by atoms with Gasteiger partial charge in [0.05, 0.1) is 17.9 Å². The number of nitrogens with zero attached hydrogens (tertiary/aromatic N) is 3. The molecule has 0 saturated heterocycles. The van der Waals surface area contributed by atoms with E-state index in [1.165, 1.54) is 0 Å². The Bertz CT molecular complexity index is 506. The lowest BCUT2D eigenvalue weighted by atomic mass is 10.00. The van der Waals surface area contributed by atoms with Crippen LogP contribution in [-0.2, 0) is 7.05 Å². The van der Waals surface area contributed by atoms with Crippen molar-refractivity contribution < 1.29 is 0 Å². The fourth-order valence-corrected chi connectivity index (χ4v) is 2.06. The predicted octanol–water partition coefficient (Wildman–Crippen LogP) is 1.93. The van der Waals surface area contributed by atoms with E-state index in [2.05, 4.69) is 26.2 Å². The van der Waals surface area contributed by atoms with Crippen LogP contribution in [0.5, 0.6) is 0 Å². The van der Waals surface area contributed by atoms with Gasteiger partial charge in [-0.05, 0) is 30.2 Å². The van der Waals surface area contributed by atoms with Crippen LogP contribution in [0.15, 0.2) is 28.9 Å². The average Bonchev–Trinajstić information content (AvgIpc) is 2.67. The minimum atomic E-state index is -0.197. The molecule has 0 aliphatic heterocycles. The standard InChI is InChI=1S/C11H13BrN4/c1-7-3-4-8(12)5-9(7)11(13)10-6-14-15-16(10)2/h3-6,11H,13H2,1-2H3. The zero-order valence-corrected chi connectivity index (χ0v) is 10.8. The van der Waals surface area contributed by atoms with Gasteiger partial charge in [0, 0.05) is 11.5 Å². The predicted molar refractivity (Wildman–Crippen MR) is 65.9 cm³/mol. The van der Waals surface area contributed by atoms with E-state index in [1.54, 1.807) is 10.9 Å². The highest BCUT2D eigenvalue weighted by Crippen LogP contribution is 2.24. The van der Waals surface area contributed by atoms with Gasteiger partial charge >= 0.3 is 0 Å². The number of hydrogen-bond donors (Lipinski definition) is 1. The van der Waals surface area contributed by atoms with Crippen LogP contribution in [0, 0.1) is 6.92 Å². The summed E-state index contributed by atoms with van der Waals surface area (Å²) in [5.74, 6) is 0. The molecule has 0 aliphatic rings. The second kappa shape index (κ2) is 4.35. The summed E-state index contributed by atoms with van der Waals surface area (Å²) in [6.07, 6.45) is 1.70. The molecule has 0 aliphatic carbocycles. The van der Waals surface area contributed by atoms with Gasteiger partial charge in [-0.3, -0.25) is 4.68 Å². The molecule has 0 saturated carbocycles. The van der Waals surface area contributed by atoms with Crippen molar-refractivity contribution >= 4 is 15.9 Å². The molecule has 0 radical (unpaired) electrons. The second-order valence-corrected chi connectivity index (χ2v) is 4.68. The third-order valence-electron chi connectivity index (χ3n) is 2.64. The molecule has 1 aromatic heterocycles. The highest BCUT2D eigenvalue weighted by molar-refractivity contribution is 9.10. The molecule has 5 heteroatoms. The van der Waals surface area contributed by atoms with E-state index < -0.39 is 0 Å². The molecule has 2 rings (SSSR count). The number of benzene rings is 1. The topological polar surface area (TPSA) is 56.7 Å². The van der Waals surface area contributed by atoms with Crippen molar-refractivity contribution in [2.75, 3.05) is 0 Å². The van der Waals surface area contributed by atoms with Crippen molar-refractivity contribution in [3.05, 3.63) is 45.7 Å². The van der Waals surface area contributed by atoms with Crippen LogP contribution in [0.25, 0.3) is 0 Å². The van der Waals surface area contributed by atoms with Gasteiger partial charge in [-0.15, -0.1) is 5.10 Å². The Hall–Kier alpha value is -1.20. The second-order valence-electron chi connectivity index (χ2n) is 3.76. The van der Waals surface area contributed by atoms with Gasteiger partial charge in [0.25, 0.3) is 0 Å². The molecule has 1 aromatic carbocycles. The van der Waals surface area contributed by atoms with Gasteiger partial charge in [-0.25, -0.2) is 0 Å². The summed E-state index contributed by atoms with van der Waals surface area (Å²) in [4.78, 5) is 0. The fraction of sp³-hybridized carbons (Fsp3) is 0.273. The Morgan fingerprint density at radius 1 is 1.44 bits per heavy atom. The molecule has 0 bridgehead atoms. The maximum atomic E-state index is 6.21. The highest BCUT2D eigenvalue weighted by atomic mass is 79.9. The third-order valence-corrected chi connectivity index (χ3v) is 3.14. The van der Waals surface area contributed by atoms with Crippen LogP contribution in [0.4, 0.5) is 0 Å². The SMILES string of the molecule is Cc1ccc(Br)cc1C(N)c1cnnn1C. The molecule has 1 unspecified atom stereocenters. The first-order valence-electron chi connectivity index (χ1n) is 4.96. The van der Waals surface area contributed by atoms with E-state index in [9.17, 15) is 0 Å². The van der Waals surface area contributed by atoms with Gasteiger partial charge in [0.1, 0.15) is 0 Å². The Kier molecular flexibility index (Phi) is 3.07. The van der Waals surface area contributed by atoms with Gasteiger partial charge in [0.15, 0.2) is 0 Å². The van der Waals surface area contributed by atoms with Crippen molar-refractivity contribution in [3.63, 3.8) is 0 Å². The molecule has 84 valence electrons. The summed E-state index contributed by atoms with van der Waals surface area (Å²) in [5, 5.41) is 7.73. The van der Waals surface area contributed by atoms with E-state index in [1.807, 2.05) is 32.2 Å². The first kappa shape index (κ1) is 11.3. The molecule has 0 amide bonds. The maximum Gasteiger partial charge on any atom is 0.0796 e. The minimum Gasteiger partial charge on any atom is -0.319 e. The molecule has 1 atom stereocenters. The lowest BCUT2D eigenvalue weighted by Gasteiger charge is -2.14. The average molecular weight is 281 g/mol. The molecule has 4 nitrogen and oxygen atoms in total. The summed E-state index contributed by atoms with van der Waals surface area (Å²) in [6, 6.07) is 5.89. The molecule has 2 N–H and O–H groups in total. The first-order chi connectivity index (χ1) is 7.59. The van der Waals surface area contributed by atoms with E-state index in [0.29, 0.717) is 0 Å². The van der Waals surface area contributed by atoms with Crippen LogP contribution in [0.3, 0.4) is 0 Å². The van der Waals surface area contributed by atoms with Crippen LogP contribution in [0.2, 0.25) is 0 Å². The number of hydrogen-bond acceptors (Lipinski definition) is 3. The summed E-state index contributed by atoms with van der Waals surface area (Å²) < 4.78 is 2.73. The Morgan fingerprint density at radius 2 is 2.19 bits per heavy atom. The number of halogens is 1. The summed E-state index contributed by atoms with van der Waals surface area (Å²) in [7, 11) is 1.84. The highest BCUT2D eigenvalue weighted by Gasteiger charge is 2.15. The molecular formula is C11H13BrN4. The van der Waals surface area contributed by atoms with Crippen molar-refractivity contribution in [1.29, 1.82) is 0 Å². The molecular weight excluding hydrogens is 268 g/mol. The van der Waals surface area contributed by atoms with E-state index in [0.717, 1.165) is 21.3 Å². The number of nitrogens with two attached hydrogens (primary N) is 1. The van der Waals surface area contributed by atoms with Gasteiger partial charge in [-0.2, -0.15) is 0 Å². The normalized spacial score (nSPS) is 12.8. The fourth-order valence-electron chi connectivity index (χ4n) is 1.68. The molecule has 0 fully saturated rings. The van der Waals surface area contributed by atoms with E-state index >= 15 is 0 Å². The van der Waals surface area contributed by atoms with Gasteiger partial charge in [0.2, 0.25) is 0 Å². The Morgan fingerprint density at radius 3 is 2.81 bits per heavy atom. The number of aryl methyl sites for hydroxylation is 2. The van der Waals surface area contributed by atoms with Gasteiger partial charge in [-0.1, -0.05) is 27.2 Å². The summed E-state index contributed by atoms with van der Waals surface area (Å²) in [5.41, 5.74) is 9.36. The smallest absolute Gasteiger partial charge is 0.0796 e. The minimum absolute atomic E-state index is 0.197. The van der Waals surface area contributed by atoms with E-state index in [4.69, 9.17) is 5.73 Å².